The maximum atomic E-state index is 12.6. The van der Waals surface area contributed by atoms with Crippen molar-refractivity contribution in [1.82, 2.24) is 9.29 Å². The van der Waals surface area contributed by atoms with Crippen LogP contribution in [0.3, 0.4) is 0 Å². The molecule has 1 aliphatic rings. The molecule has 4 nitrogen and oxygen atoms in total. The maximum Gasteiger partial charge on any atom is 0.245 e. The molecule has 0 unspecified atom stereocenters. The molecular weight excluding hydrogens is 284 g/mol. The molecule has 0 saturated heterocycles. The number of hydrogen-bond donors (Lipinski definition) is 0. The molecule has 1 aromatic heterocycles. The zero-order chi connectivity index (χ0) is 13.9. The molecule has 0 N–H and O–H groups in total. The highest BCUT2D eigenvalue weighted by Gasteiger charge is 2.32. The lowest BCUT2D eigenvalue weighted by molar-refractivity contribution is 0.347. The summed E-state index contributed by atoms with van der Waals surface area (Å²) in [6.45, 7) is 3.98. The fourth-order valence-electron chi connectivity index (χ4n) is 2.41. The second-order valence-corrected chi connectivity index (χ2v) is 6.90. The zero-order valence-electron chi connectivity index (χ0n) is 10.6. The number of halogens is 1. The van der Waals surface area contributed by atoms with Gasteiger partial charge in [0.1, 0.15) is 10.0 Å². The molecule has 0 amide bonds. The Morgan fingerprint density at radius 3 is 2.63 bits per heavy atom. The molecule has 0 aromatic carbocycles. The van der Waals surface area contributed by atoms with Crippen LogP contribution in [-0.2, 0) is 10.0 Å². The predicted molar refractivity (Wildman–Crippen MR) is 75.6 cm³/mol. The van der Waals surface area contributed by atoms with E-state index in [-0.39, 0.29) is 16.1 Å². The largest absolute Gasteiger partial charge is 0.245 e. The summed E-state index contributed by atoms with van der Waals surface area (Å²) in [5.41, 5.74) is 0. The van der Waals surface area contributed by atoms with Crippen molar-refractivity contribution in [3.05, 3.63) is 36.1 Å². The van der Waals surface area contributed by atoms with Crippen LogP contribution in [0.5, 0.6) is 0 Å². The van der Waals surface area contributed by atoms with Gasteiger partial charge >= 0.3 is 0 Å². The van der Waals surface area contributed by atoms with Crippen LogP contribution in [0.1, 0.15) is 25.7 Å². The lowest BCUT2D eigenvalue weighted by atomic mass is 10.2. The molecule has 1 fully saturated rings. The molecular formula is C13H17ClN2O2S. The molecule has 2 rings (SSSR count). The van der Waals surface area contributed by atoms with Crippen molar-refractivity contribution in [3.8, 4) is 0 Å². The fourth-order valence-corrected chi connectivity index (χ4v) is 4.13. The zero-order valence-corrected chi connectivity index (χ0v) is 12.2. The summed E-state index contributed by atoms with van der Waals surface area (Å²) >= 11 is 5.69. The predicted octanol–water partition coefficient (Wildman–Crippen LogP) is 2.85. The summed E-state index contributed by atoms with van der Waals surface area (Å²) in [6, 6.07) is 3.06. The molecule has 1 aromatic rings. The van der Waals surface area contributed by atoms with Crippen LogP contribution >= 0.6 is 11.6 Å². The minimum Gasteiger partial charge on any atom is -0.243 e. The van der Waals surface area contributed by atoms with Crippen LogP contribution in [0.25, 0.3) is 0 Å². The second-order valence-electron chi connectivity index (χ2n) is 4.62. The molecule has 6 heteroatoms. The van der Waals surface area contributed by atoms with Gasteiger partial charge in [-0.15, -0.1) is 6.58 Å². The molecule has 0 spiro atoms. The lowest BCUT2D eigenvalue weighted by Gasteiger charge is -2.26. The van der Waals surface area contributed by atoms with Gasteiger partial charge in [0.15, 0.2) is 0 Å². The van der Waals surface area contributed by atoms with Crippen molar-refractivity contribution in [2.24, 2.45) is 0 Å². The smallest absolute Gasteiger partial charge is 0.243 e. The van der Waals surface area contributed by atoms with E-state index in [1.807, 2.05) is 0 Å². The van der Waals surface area contributed by atoms with E-state index in [2.05, 4.69) is 11.6 Å². The molecule has 1 heterocycles. The van der Waals surface area contributed by atoms with Gasteiger partial charge in [0, 0.05) is 18.8 Å². The SMILES string of the molecule is C=CCN(C1CCCC1)S(=O)(=O)c1ccc(Cl)nc1. The van der Waals surface area contributed by atoms with Crippen LogP contribution in [0.2, 0.25) is 5.15 Å². The average Bonchev–Trinajstić information content (AvgIpc) is 2.89. The quantitative estimate of drug-likeness (QED) is 0.620. The summed E-state index contributed by atoms with van der Waals surface area (Å²) < 4.78 is 26.8. The minimum absolute atomic E-state index is 0.0682. The molecule has 0 atom stereocenters. The van der Waals surface area contributed by atoms with Gasteiger partial charge in [0.2, 0.25) is 10.0 Å². The summed E-state index contributed by atoms with van der Waals surface area (Å²) in [4.78, 5) is 4.03. The maximum absolute atomic E-state index is 12.6. The van der Waals surface area contributed by atoms with E-state index in [1.54, 1.807) is 6.08 Å². The van der Waals surface area contributed by atoms with Crippen molar-refractivity contribution in [2.75, 3.05) is 6.54 Å². The Morgan fingerprint density at radius 2 is 2.11 bits per heavy atom. The third-order valence-electron chi connectivity index (χ3n) is 3.35. The van der Waals surface area contributed by atoms with E-state index in [0.717, 1.165) is 25.7 Å². The number of pyridine rings is 1. The van der Waals surface area contributed by atoms with Crippen LogP contribution in [0.4, 0.5) is 0 Å². The highest BCUT2D eigenvalue weighted by molar-refractivity contribution is 7.89. The Hall–Kier alpha value is -0.910. The van der Waals surface area contributed by atoms with E-state index >= 15 is 0 Å². The number of aromatic nitrogens is 1. The van der Waals surface area contributed by atoms with E-state index in [4.69, 9.17) is 11.6 Å². The normalized spacial score (nSPS) is 16.9. The van der Waals surface area contributed by atoms with Gasteiger partial charge in [-0.05, 0) is 25.0 Å². The third-order valence-corrected chi connectivity index (χ3v) is 5.47. The topological polar surface area (TPSA) is 50.3 Å². The van der Waals surface area contributed by atoms with E-state index in [0.29, 0.717) is 6.54 Å². The molecule has 1 saturated carbocycles. The van der Waals surface area contributed by atoms with Crippen LogP contribution in [0.15, 0.2) is 35.9 Å². The molecule has 0 bridgehead atoms. The summed E-state index contributed by atoms with van der Waals surface area (Å²) in [5, 5.41) is 0.287. The summed E-state index contributed by atoms with van der Waals surface area (Å²) in [7, 11) is -3.52. The Labute approximate surface area is 119 Å². The first kappa shape index (κ1) is 14.5. The Balaban J connectivity index is 2.33. The highest BCUT2D eigenvalue weighted by Crippen LogP contribution is 2.28. The number of sulfonamides is 1. The summed E-state index contributed by atoms with van der Waals surface area (Å²) in [6.07, 6.45) is 6.91. The van der Waals surface area contributed by atoms with E-state index in [9.17, 15) is 8.42 Å². The third kappa shape index (κ3) is 3.16. The molecule has 19 heavy (non-hydrogen) atoms. The molecule has 104 valence electrons. The van der Waals surface area contributed by atoms with Crippen molar-refractivity contribution < 1.29 is 8.42 Å². The van der Waals surface area contributed by atoms with Crippen molar-refractivity contribution in [3.63, 3.8) is 0 Å². The minimum atomic E-state index is -3.52. The fraction of sp³-hybridized carbons (Fsp3) is 0.462. The van der Waals surface area contributed by atoms with Crippen molar-refractivity contribution >= 4 is 21.6 Å². The number of hydrogen-bond acceptors (Lipinski definition) is 3. The first-order valence-corrected chi connectivity index (χ1v) is 8.12. The van der Waals surface area contributed by atoms with Gasteiger partial charge in [-0.25, -0.2) is 13.4 Å². The van der Waals surface area contributed by atoms with Gasteiger partial charge < -0.3 is 0 Å². The molecule has 0 aliphatic heterocycles. The number of nitrogens with zero attached hydrogens (tertiary/aromatic N) is 2. The van der Waals surface area contributed by atoms with Crippen LogP contribution in [-0.4, -0.2) is 30.3 Å². The monoisotopic (exact) mass is 300 g/mol. The highest BCUT2D eigenvalue weighted by atomic mass is 35.5. The standard InChI is InChI=1S/C13H17ClN2O2S/c1-2-9-16(11-5-3-4-6-11)19(17,18)12-7-8-13(14)15-10-12/h2,7-8,10-11H,1,3-6,9H2. The van der Waals surface area contributed by atoms with Crippen molar-refractivity contribution in [2.45, 2.75) is 36.6 Å². The summed E-state index contributed by atoms with van der Waals surface area (Å²) in [5.74, 6) is 0. The molecule has 0 radical (unpaired) electrons. The molecule has 1 aliphatic carbocycles. The van der Waals surface area contributed by atoms with Gasteiger partial charge in [-0.1, -0.05) is 30.5 Å². The Bertz CT molecular complexity index is 536. The van der Waals surface area contributed by atoms with Crippen molar-refractivity contribution in [1.29, 1.82) is 0 Å². The average molecular weight is 301 g/mol. The second kappa shape index (κ2) is 6.03. The van der Waals surface area contributed by atoms with Crippen LogP contribution < -0.4 is 0 Å². The van der Waals surface area contributed by atoms with Gasteiger partial charge in [-0.3, -0.25) is 0 Å². The first-order valence-electron chi connectivity index (χ1n) is 6.30. The Morgan fingerprint density at radius 1 is 1.42 bits per heavy atom. The van der Waals surface area contributed by atoms with E-state index in [1.165, 1.54) is 22.6 Å². The number of rotatable bonds is 5. The van der Waals surface area contributed by atoms with Gasteiger partial charge in [0.05, 0.1) is 0 Å². The van der Waals surface area contributed by atoms with E-state index < -0.39 is 10.0 Å². The first-order chi connectivity index (χ1) is 9.05. The lowest BCUT2D eigenvalue weighted by Crippen LogP contribution is -2.38. The van der Waals surface area contributed by atoms with Crippen LogP contribution in [0, 0.1) is 0 Å². The van der Waals surface area contributed by atoms with Gasteiger partial charge in [0.25, 0.3) is 0 Å². The Kier molecular flexibility index (Phi) is 4.60. The van der Waals surface area contributed by atoms with Gasteiger partial charge in [-0.2, -0.15) is 4.31 Å².